The molecule has 1 aliphatic rings. The fourth-order valence-electron chi connectivity index (χ4n) is 5.10. The first-order valence-corrected chi connectivity index (χ1v) is 15.5. The third kappa shape index (κ3) is 8.80. The topological polar surface area (TPSA) is 134 Å². The van der Waals surface area contributed by atoms with Crippen molar-refractivity contribution in [2.24, 2.45) is 5.41 Å². The molecule has 1 radical (unpaired) electrons. The number of amides is 3. The molecule has 15 heteroatoms. The minimum atomic E-state index is -0.887. The van der Waals surface area contributed by atoms with Crippen molar-refractivity contribution in [2.45, 2.75) is 52.6 Å². The molecule has 4 rings (SSSR count). The monoisotopic (exact) mass is 654 g/mol. The van der Waals surface area contributed by atoms with Crippen LogP contribution < -0.4 is 4.72 Å². The molecule has 0 unspecified atom stereocenters. The SMILES string of the molecule is CC(C)(C)[C@H](c1nc(-c2cc(F)ccc2F)cn1Cc1ccccc1)N(CCCNS[B]C(=O)ON1C(=O)CCC1=O)C(=O)CO. The zero-order valence-corrected chi connectivity index (χ0v) is 26.6. The zero-order chi connectivity index (χ0) is 33.4. The second-order valence-electron chi connectivity index (χ2n) is 11.7. The highest BCUT2D eigenvalue weighted by molar-refractivity contribution is 8.23. The van der Waals surface area contributed by atoms with E-state index in [0.29, 0.717) is 30.4 Å². The van der Waals surface area contributed by atoms with E-state index in [1.165, 1.54) is 4.90 Å². The number of rotatable bonds is 14. The van der Waals surface area contributed by atoms with Gasteiger partial charge in [-0.1, -0.05) is 51.1 Å². The van der Waals surface area contributed by atoms with Gasteiger partial charge >= 0.3 is 6.56 Å². The second-order valence-corrected chi connectivity index (χ2v) is 12.5. The maximum absolute atomic E-state index is 14.9. The number of aromatic nitrogens is 2. The third-order valence-corrected chi connectivity index (χ3v) is 7.82. The summed E-state index contributed by atoms with van der Waals surface area (Å²) in [6, 6.07) is 12.0. The molecule has 0 bridgehead atoms. The molecule has 46 heavy (non-hydrogen) atoms. The van der Waals surface area contributed by atoms with E-state index in [1.54, 1.807) is 6.20 Å². The molecule has 0 spiro atoms. The molecule has 243 valence electrons. The van der Waals surface area contributed by atoms with Crippen LogP contribution in [0.3, 0.4) is 0 Å². The maximum Gasteiger partial charge on any atom is 0.361 e. The summed E-state index contributed by atoms with van der Waals surface area (Å²) in [5.41, 5.74) is 0.489. The molecule has 1 saturated heterocycles. The lowest BCUT2D eigenvalue weighted by atomic mass is 9.84. The van der Waals surface area contributed by atoms with E-state index in [2.05, 4.69) is 4.72 Å². The summed E-state index contributed by atoms with van der Waals surface area (Å²) in [7, 11) is 0. The predicted molar refractivity (Wildman–Crippen MR) is 168 cm³/mol. The van der Waals surface area contributed by atoms with E-state index in [0.717, 1.165) is 42.1 Å². The van der Waals surface area contributed by atoms with Crippen LogP contribution in [-0.2, 0) is 25.8 Å². The number of hydrogen-bond acceptors (Lipinski definition) is 9. The summed E-state index contributed by atoms with van der Waals surface area (Å²) < 4.78 is 33.8. The van der Waals surface area contributed by atoms with Crippen molar-refractivity contribution in [3.63, 3.8) is 0 Å². The number of carbonyl (C=O) groups is 4. The van der Waals surface area contributed by atoms with Gasteiger partial charge in [-0.3, -0.25) is 23.9 Å². The quantitative estimate of drug-likeness (QED) is 0.113. The molecule has 2 N–H and O–H groups in total. The average molecular weight is 655 g/mol. The molecule has 0 saturated carbocycles. The zero-order valence-electron chi connectivity index (χ0n) is 25.7. The molecular formula is C31H35BF2N5O6S. The number of benzene rings is 2. The molecule has 0 aliphatic carbocycles. The number of imide groups is 1. The average Bonchev–Trinajstić information content (AvgIpc) is 3.56. The van der Waals surface area contributed by atoms with Gasteiger partial charge in [-0.2, -0.15) is 0 Å². The standard InChI is InChI=1S/C31H35BF2N5O6S/c1-31(2,3)28(38(27(43)19-40)15-7-14-35-46-32-30(44)45-39-25(41)12-13-26(39)42)29-36-24(22-16-21(33)10-11-23(22)34)18-37(29)17-20-8-5-4-6-9-20/h4-6,8-11,16,18,28,35,40H,7,12-15,17,19H2,1-3H3/t28-/m0/s1. The Morgan fingerprint density at radius 3 is 2.48 bits per heavy atom. The van der Waals surface area contributed by atoms with E-state index in [1.807, 2.05) is 55.7 Å². The molecule has 1 aliphatic heterocycles. The molecule has 3 amide bonds. The number of aliphatic hydroxyl groups is 1. The summed E-state index contributed by atoms with van der Waals surface area (Å²) in [4.78, 5) is 59.6. The normalized spacial score (nSPS) is 14.0. The van der Waals surface area contributed by atoms with Gasteiger partial charge in [0.05, 0.1) is 11.7 Å². The van der Waals surface area contributed by atoms with Gasteiger partial charge in [0.2, 0.25) is 5.91 Å². The fraction of sp³-hybridized carbons (Fsp3) is 0.387. The smallest absolute Gasteiger partial charge is 0.361 e. The van der Waals surface area contributed by atoms with Crippen LogP contribution in [0, 0.1) is 17.0 Å². The molecule has 3 aromatic rings. The van der Waals surface area contributed by atoms with Crippen molar-refractivity contribution in [3.8, 4) is 11.3 Å². The van der Waals surface area contributed by atoms with Crippen LogP contribution in [0.5, 0.6) is 0 Å². The third-order valence-electron chi connectivity index (χ3n) is 7.14. The van der Waals surface area contributed by atoms with E-state index in [4.69, 9.17) is 9.82 Å². The van der Waals surface area contributed by atoms with Gasteiger partial charge in [0.1, 0.15) is 24.1 Å². The van der Waals surface area contributed by atoms with E-state index in [9.17, 15) is 33.1 Å². The van der Waals surface area contributed by atoms with Crippen molar-refractivity contribution in [1.82, 2.24) is 24.2 Å². The van der Waals surface area contributed by atoms with Gasteiger partial charge in [-0.15, -0.1) is 16.9 Å². The van der Waals surface area contributed by atoms with Crippen LogP contribution >= 0.6 is 11.8 Å². The lowest BCUT2D eigenvalue weighted by molar-refractivity contribution is -0.169. The summed E-state index contributed by atoms with van der Waals surface area (Å²) in [5, 5.41) is 10.4. The van der Waals surface area contributed by atoms with Crippen LogP contribution in [0.15, 0.2) is 54.7 Å². The van der Waals surface area contributed by atoms with Gasteiger partial charge in [-0.25, -0.2) is 13.8 Å². The Labute approximate surface area is 270 Å². The van der Waals surface area contributed by atoms with E-state index < -0.39 is 53.3 Å². The molecule has 1 aromatic heterocycles. The molecule has 1 fully saturated rings. The molecule has 11 nitrogen and oxygen atoms in total. The van der Waals surface area contributed by atoms with Gasteiger partial charge in [0.25, 0.3) is 17.7 Å². The van der Waals surface area contributed by atoms with Crippen LogP contribution in [0.4, 0.5) is 13.6 Å². The Kier molecular flexibility index (Phi) is 11.7. The first-order chi connectivity index (χ1) is 21.9. The van der Waals surface area contributed by atoms with Crippen molar-refractivity contribution >= 4 is 41.9 Å². The van der Waals surface area contributed by atoms with Gasteiger partial charge in [-0.05, 0) is 35.6 Å². The van der Waals surface area contributed by atoms with Gasteiger partial charge in [0, 0.05) is 44.2 Å². The Morgan fingerprint density at radius 2 is 1.83 bits per heavy atom. The van der Waals surface area contributed by atoms with Crippen LogP contribution in [0.2, 0.25) is 0 Å². The highest BCUT2D eigenvalue weighted by Gasteiger charge is 2.38. The molecular weight excluding hydrogens is 619 g/mol. The number of nitrogens with zero attached hydrogens (tertiary/aromatic N) is 4. The van der Waals surface area contributed by atoms with Crippen molar-refractivity contribution in [1.29, 1.82) is 0 Å². The Balaban J connectivity index is 1.53. The molecule has 1 atom stereocenters. The minimum absolute atomic E-state index is 0.00830. The molecule has 2 heterocycles. The molecule has 2 aromatic carbocycles. The Bertz CT molecular complexity index is 1550. The predicted octanol–water partition coefficient (Wildman–Crippen LogP) is 4.23. The Morgan fingerprint density at radius 1 is 1.13 bits per heavy atom. The largest absolute Gasteiger partial charge is 0.387 e. The van der Waals surface area contributed by atoms with Crippen molar-refractivity contribution < 1.29 is 37.9 Å². The summed E-state index contributed by atoms with van der Waals surface area (Å²) in [6.07, 6.45) is 2.01. The fourth-order valence-corrected chi connectivity index (χ4v) is 5.59. The second kappa shape index (κ2) is 15.5. The summed E-state index contributed by atoms with van der Waals surface area (Å²) in [5.74, 6) is -3.42. The van der Waals surface area contributed by atoms with Gasteiger partial charge in [0.15, 0.2) is 0 Å². The van der Waals surface area contributed by atoms with Crippen molar-refractivity contribution in [2.75, 3.05) is 19.7 Å². The van der Waals surface area contributed by atoms with Crippen LogP contribution in [-0.4, -0.2) is 74.5 Å². The number of carbonyl (C=O) groups excluding carboxylic acids is 4. The number of hydrogen-bond donors (Lipinski definition) is 2. The van der Waals surface area contributed by atoms with Crippen LogP contribution in [0.1, 0.15) is 57.5 Å². The number of halogens is 2. The lowest BCUT2D eigenvalue weighted by Crippen LogP contribution is -2.44. The first kappa shape index (κ1) is 34.8. The minimum Gasteiger partial charge on any atom is -0.387 e. The van der Waals surface area contributed by atoms with Gasteiger partial charge < -0.3 is 19.4 Å². The maximum atomic E-state index is 14.9. The van der Waals surface area contributed by atoms with Crippen LogP contribution in [0.25, 0.3) is 11.3 Å². The number of imidazole rings is 1. The highest BCUT2D eigenvalue weighted by atomic mass is 32.2. The number of aliphatic hydroxyl groups excluding tert-OH is 1. The highest BCUT2D eigenvalue weighted by Crippen LogP contribution is 2.39. The van der Waals surface area contributed by atoms with Crippen molar-refractivity contribution in [3.05, 3.63) is 77.8 Å². The van der Waals surface area contributed by atoms with E-state index >= 15 is 0 Å². The first-order valence-electron chi connectivity index (χ1n) is 14.6. The summed E-state index contributed by atoms with van der Waals surface area (Å²) in [6.45, 7) is 6.91. The summed E-state index contributed by atoms with van der Waals surface area (Å²) >= 11 is 0.896. The van der Waals surface area contributed by atoms with E-state index in [-0.39, 0.29) is 30.6 Å². The lowest BCUT2D eigenvalue weighted by Gasteiger charge is -2.40. The number of nitrogens with one attached hydrogen (secondary N) is 1. The Hall–Kier alpha value is -4.08. The number of hydroxylamine groups is 2.